The van der Waals surface area contributed by atoms with Gasteiger partial charge in [0.15, 0.2) is 0 Å². The number of fused-ring (bicyclic) bond motifs is 2. The number of anilines is 12. The van der Waals surface area contributed by atoms with Crippen LogP contribution in [0.2, 0.25) is 0 Å². The number of hydrogen-bond donors (Lipinski definition) is 0. The third-order valence-electron chi connectivity index (χ3n) is 13.4. The van der Waals surface area contributed by atoms with Crippen LogP contribution in [-0.2, 0) is 0 Å². The molecule has 4 nitrogen and oxygen atoms in total. The first-order valence-corrected chi connectivity index (χ1v) is 24.5. The molecular formula is C69H54N4. The van der Waals surface area contributed by atoms with E-state index in [1.54, 1.807) is 0 Å². The van der Waals surface area contributed by atoms with Crippen LogP contribution in [0.5, 0.6) is 0 Å². The van der Waals surface area contributed by atoms with Crippen molar-refractivity contribution in [2.75, 3.05) is 19.6 Å². The van der Waals surface area contributed by atoms with Gasteiger partial charge in [-0.2, -0.15) is 0 Å². The zero-order valence-electron chi connectivity index (χ0n) is 39.7. The van der Waals surface area contributed by atoms with Gasteiger partial charge in [0.1, 0.15) is 0 Å². The van der Waals surface area contributed by atoms with Crippen molar-refractivity contribution in [1.29, 1.82) is 0 Å². The Morgan fingerprint density at radius 1 is 0.164 bits per heavy atom. The van der Waals surface area contributed by atoms with Crippen LogP contribution in [0.15, 0.2) is 303 Å². The molecule has 12 aromatic rings. The van der Waals surface area contributed by atoms with Gasteiger partial charge in [0, 0.05) is 67.6 Å². The third kappa shape index (κ3) is 9.29. The molecule has 0 heterocycles. The molecule has 0 saturated heterocycles. The lowest BCUT2D eigenvalue weighted by molar-refractivity contribution is 1.26. The van der Waals surface area contributed by atoms with Gasteiger partial charge < -0.3 is 19.6 Å². The highest BCUT2D eigenvalue weighted by molar-refractivity contribution is 6.00. The highest BCUT2D eigenvalue weighted by Crippen LogP contribution is 2.44. The summed E-state index contributed by atoms with van der Waals surface area (Å²) in [6.45, 7) is 0. The van der Waals surface area contributed by atoms with Gasteiger partial charge in [-0.15, -0.1) is 0 Å². The number of rotatable bonds is 13. The molecule has 0 N–H and O–H groups in total. The summed E-state index contributed by atoms with van der Waals surface area (Å²) in [6.07, 6.45) is 0. The van der Waals surface area contributed by atoms with E-state index < -0.39 is 0 Å². The van der Waals surface area contributed by atoms with Gasteiger partial charge in [-0.05, 0) is 155 Å². The summed E-state index contributed by atoms with van der Waals surface area (Å²) in [5.41, 5.74) is 15.4. The van der Waals surface area contributed by atoms with Crippen LogP contribution in [0.3, 0.4) is 0 Å². The van der Waals surface area contributed by atoms with E-state index in [9.17, 15) is 0 Å². The molecule has 0 aliphatic heterocycles. The molecular weight excluding hydrogens is 885 g/mol. The van der Waals surface area contributed by atoms with E-state index >= 15 is 0 Å². The van der Waals surface area contributed by atoms with E-state index in [4.69, 9.17) is 0 Å². The third-order valence-corrected chi connectivity index (χ3v) is 13.4. The van der Waals surface area contributed by atoms with E-state index in [0.29, 0.717) is 0 Å². The minimum absolute atomic E-state index is 0. The Morgan fingerprint density at radius 2 is 0.384 bits per heavy atom. The second kappa shape index (κ2) is 20.8. The minimum atomic E-state index is 0. The van der Waals surface area contributed by atoms with Crippen molar-refractivity contribution in [2.45, 2.75) is 7.43 Å². The minimum Gasteiger partial charge on any atom is -0.311 e. The van der Waals surface area contributed by atoms with Crippen molar-refractivity contribution in [3.8, 4) is 11.1 Å². The molecule has 0 radical (unpaired) electrons. The molecule has 0 unspecified atom stereocenters. The maximum absolute atomic E-state index is 2.38. The van der Waals surface area contributed by atoms with E-state index in [1.165, 1.54) is 21.5 Å². The Labute approximate surface area is 429 Å². The predicted molar refractivity (Wildman–Crippen MR) is 312 cm³/mol. The maximum Gasteiger partial charge on any atom is 0.0540 e. The fourth-order valence-electron chi connectivity index (χ4n) is 9.97. The molecule has 0 aromatic heterocycles. The predicted octanol–water partition coefficient (Wildman–Crippen LogP) is 20.2. The molecule has 12 aromatic carbocycles. The average molecular weight is 939 g/mol. The SMILES string of the molecule is C.c1ccc(N(c2ccccc2)c2ccc(N(c3ccc(-c4ccc(N(c5ccc(N(c6ccccc6)c6ccccc6)cc5)c5cccc6ccccc56)cc4)cc3)c3cccc4ccccc34)cc2)cc1. The monoisotopic (exact) mass is 938 g/mol. The molecule has 0 aliphatic carbocycles. The van der Waals surface area contributed by atoms with Crippen LogP contribution in [0.1, 0.15) is 7.43 Å². The highest BCUT2D eigenvalue weighted by Gasteiger charge is 2.20. The lowest BCUT2D eigenvalue weighted by Crippen LogP contribution is -2.12. The Balaban J connectivity index is 0.00000574. The number of benzene rings is 12. The Bertz CT molecular complexity index is 3370. The number of hydrogen-bond acceptors (Lipinski definition) is 4. The van der Waals surface area contributed by atoms with Crippen molar-refractivity contribution in [3.05, 3.63) is 303 Å². The zero-order chi connectivity index (χ0) is 48.1. The molecule has 0 fully saturated rings. The van der Waals surface area contributed by atoms with Gasteiger partial charge in [0.2, 0.25) is 0 Å². The summed E-state index contributed by atoms with van der Waals surface area (Å²) in [7, 11) is 0. The van der Waals surface area contributed by atoms with Crippen molar-refractivity contribution in [1.82, 2.24) is 0 Å². The van der Waals surface area contributed by atoms with Crippen LogP contribution in [0.4, 0.5) is 68.2 Å². The standard InChI is InChI=1S/C68H50N4.CH4/c1-5-23-55(24-6-1)69(56-25-7-2-8-26-56)59-43-47-63(48-44-59)71(67-33-17-21-53-19-13-15-31-65(53)67)61-39-35-51(36-40-61)52-37-41-62(42-38-52)72(68-34-18-22-54-20-14-16-32-66(54)68)64-49-45-60(46-50-64)70(57-27-9-3-10-28-57)58-29-11-4-12-30-58;/h1-50H;1H4. The average Bonchev–Trinajstić information content (AvgIpc) is 3.46. The molecule has 73 heavy (non-hydrogen) atoms. The second-order valence-electron chi connectivity index (χ2n) is 17.8. The van der Waals surface area contributed by atoms with Crippen molar-refractivity contribution in [3.63, 3.8) is 0 Å². The fraction of sp³-hybridized carbons (Fsp3) is 0.0145. The van der Waals surface area contributed by atoms with E-state index in [1.807, 2.05) is 0 Å². The molecule has 0 spiro atoms. The summed E-state index contributed by atoms with van der Waals surface area (Å²) in [5, 5.41) is 4.77. The first-order valence-electron chi connectivity index (χ1n) is 24.5. The quantitative estimate of drug-likeness (QED) is 0.114. The lowest BCUT2D eigenvalue weighted by atomic mass is 10.0. The van der Waals surface area contributed by atoms with E-state index in [2.05, 4.69) is 323 Å². The van der Waals surface area contributed by atoms with Crippen LogP contribution in [0, 0.1) is 0 Å². The van der Waals surface area contributed by atoms with Crippen LogP contribution >= 0.6 is 0 Å². The van der Waals surface area contributed by atoms with E-state index in [-0.39, 0.29) is 7.43 Å². The molecule has 0 atom stereocenters. The number of para-hydroxylation sites is 4. The summed E-state index contributed by atoms with van der Waals surface area (Å²) < 4.78 is 0. The number of nitrogens with zero attached hydrogens (tertiary/aromatic N) is 4. The second-order valence-corrected chi connectivity index (χ2v) is 17.8. The van der Waals surface area contributed by atoms with E-state index in [0.717, 1.165) is 79.4 Å². The van der Waals surface area contributed by atoms with Gasteiger partial charge >= 0.3 is 0 Å². The maximum atomic E-state index is 2.38. The summed E-state index contributed by atoms with van der Waals surface area (Å²) in [4.78, 5) is 9.35. The zero-order valence-corrected chi connectivity index (χ0v) is 39.7. The molecule has 0 bridgehead atoms. The van der Waals surface area contributed by atoms with Crippen LogP contribution in [0.25, 0.3) is 32.7 Å². The highest BCUT2D eigenvalue weighted by atomic mass is 15.2. The van der Waals surface area contributed by atoms with Gasteiger partial charge in [-0.3, -0.25) is 0 Å². The largest absolute Gasteiger partial charge is 0.311 e. The van der Waals surface area contributed by atoms with Crippen molar-refractivity contribution in [2.24, 2.45) is 0 Å². The van der Waals surface area contributed by atoms with Crippen LogP contribution < -0.4 is 19.6 Å². The Hall–Kier alpha value is -9.64. The fourth-order valence-corrected chi connectivity index (χ4v) is 9.97. The summed E-state index contributed by atoms with van der Waals surface area (Å²) in [5.74, 6) is 0. The van der Waals surface area contributed by atoms with Crippen LogP contribution in [-0.4, -0.2) is 0 Å². The normalized spacial score (nSPS) is 10.9. The van der Waals surface area contributed by atoms with Gasteiger partial charge in [0.05, 0.1) is 11.4 Å². The molecule has 0 saturated carbocycles. The molecule has 4 heteroatoms. The Kier molecular flexibility index (Phi) is 13.0. The topological polar surface area (TPSA) is 13.0 Å². The molecule has 0 aliphatic rings. The van der Waals surface area contributed by atoms with Gasteiger partial charge in [-0.1, -0.05) is 177 Å². The molecule has 350 valence electrons. The van der Waals surface area contributed by atoms with Gasteiger partial charge in [0.25, 0.3) is 0 Å². The van der Waals surface area contributed by atoms with Crippen molar-refractivity contribution >= 4 is 89.8 Å². The Morgan fingerprint density at radius 3 is 0.685 bits per heavy atom. The molecule has 0 amide bonds. The first-order chi connectivity index (χ1) is 35.7. The van der Waals surface area contributed by atoms with Gasteiger partial charge in [-0.25, -0.2) is 0 Å². The lowest BCUT2D eigenvalue weighted by Gasteiger charge is -2.29. The summed E-state index contributed by atoms with van der Waals surface area (Å²) in [6, 6.07) is 108. The summed E-state index contributed by atoms with van der Waals surface area (Å²) >= 11 is 0. The molecule has 12 rings (SSSR count). The smallest absolute Gasteiger partial charge is 0.0540 e. The van der Waals surface area contributed by atoms with Crippen molar-refractivity contribution < 1.29 is 0 Å². The first kappa shape index (κ1) is 45.8.